The zero-order valence-corrected chi connectivity index (χ0v) is 15.8. The molecule has 1 aromatic heterocycles. The minimum Gasteiger partial charge on any atom is -0.348 e. The van der Waals surface area contributed by atoms with Crippen LogP contribution in [0.4, 0.5) is 5.95 Å². The normalized spacial score (nSPS) is 18.3. The van der Waals surface area contributed by atoms with Gasteiger partial charge in [0, 0.05) is 0 Å². The Morgan fingerprint density at radius 3 is 2.25 bits per heavy atom. The van der Waals surface area contributed by atoms with Gasteiger partial charge in [-0.2, -0.15) is 10.1 Å². The van der Waals surface area contributed by atoms with Crippen molar-refractivity contribution in [2.75, 3.05) is 5.32 Å². The smallest absolute Gasteiger partial charge is 0.222 e. The third-order valence-corrected chi connectivity index (χ3v) is 5.51. The summed E-state index contributed by atoms with van der Waals surface area (Å²) >= 11 is 0. The summed E-state index contributed by atoms with van der Waals surface area (Å²) < 4.78 is 2.00. The minimum atomic E-state index is 0.179. The third kappa shape index (κ3) is 3.07. The fraction of sp³-hybridized carbons (Fsp3) is 0.167. The van der Waals surface area contributed by atoms with Gasteiger partial charge in [0.1, 0.15) is 6.33 Å². The van der Waals surface area contributed by atoms with Crippen molar-refractivity contribution in [1.82, 2.24) is 14.8 Å². The van der Waals surface area contributed by atoms with Gasteiger partial charge in [-0.15, -0.1) is 0 Å². The highest BCUT2D eigenvalue weighted by atomic mass is 15.4. The maximum Gasteiger partial charge on any atom is 0.222 e. The lowest BCUT2D eigenvalue weighted by atomic mass is 9.92. The molecular weight excluding hydrogens is 344 g/mol. The van der Waals surface area contributed by atoms with Crippen LogP contribution in [0.5, 0.6) is 0 Å². The molecule has 1 N–H and O–H groups in total. The third-order valence-electron chi connectivity index (χ3n) is 5.51. The van der Waals surface area contributed by atoms with Crippen LogP contribution in [0.15, 0.2) is 85.2 Å². The van der Waals surface area contributed by atoms with Crippen molar-refractivity contribution < 1.29 is 0 Å². The average Bonchev–Trinajstić information content (AvgIpc) is 3.23. The minimum absolute atomic E-state index is 0.179. The van der Waals surface area contributed by atoms with Crippen LogP contribution in [-0.2, 0) is 0 Å². The van der Waals surface area contributed by atoms with Gasteiger partial charge in [0.25, 0.3) is 0 Å². The maximum atomic E-state index is 4.46. The van der Waals surface area contributed by atoms with E-state index in [0.29, 0.717) is 0 Å². The number of rotatable bonds is 3. The summed E-state index contributed by atoms with van der Waals surface area (Å²) in [7, 11) is 0. The van der Waals surface area contributed by atoms with E-state index in [2.05, 4.69) is 95.1 Å². The maximum absolute atomic E-state index is 4.46. The largest absolute Gasteiger partial charge is 0.348 e. The Morgan fingerprint density at radius 1 is 0.821 bits per heavy atom. The predicted octanol–water partition coefficient (Wildman–Crippen LogP) is 5.40. The number of nitrogens with one attached hydrogen (secondary N) is 1. The van der Waals surface area contributed by atoms with Crippen LogP contribution in [0, 0.1) is 6.92 Å². The molecule has 4 aromatic rings. The number of anilines is 1. The van der Waals surface area contributed by atoms with Crippen LogP contribution in [0.3, 0.4) is 0 Å². The number of aryl methyl sites for hydroxylation is 1. The van der Waals surface area contributed by atoms with Gasteiger partial charge in [0.05, 0.1) is 12.1 Å². The molecule has 2 atom stereocenters. The van der Waals surface area contributed by atoms with Crippen LogP contribution < -0.4 is 5.32 Å². The van der Waals surface area contributed by atoms with Crippen molar-refractivity contribution in [3.63, 3.8) is 0 Å². The molecule has 0 aliphatic carbocycles. The molecule has 0 unspecified atom stereocenters. The van der Waals surface area contributed by atoms with E-state index in [1.807, 2.05) is 10.7 Å². The lowest BCUT2D eigenvalue weighted by molar-refractivity contribution is 0.431. The van der Waals surface area contributed by atoms with Crippen LogP contribution >= 0.6 is 0 Å². The Hall–Kier alpha value is -3.40. The Morgan fingerprint density at radius 2 is 1.50 bits per heavy atom. The summed E-state index contributed by atoms with van der Waals surface area (Å²) in [6.07, 6.45) is 2.56. The van der Waals surface area contributed by atoms with Crippen molar-refractivity contribution in [2.45, 2.75) is 25.4 Å². The van der Waals surface area contributed by atoms with Crippen molar-refractivity contribution in [2.24, 2.45) is 0 Å². The van der Waals surface area contributed by atoms with Crippen molar-refractivity contribution in [3.05, 3.63) is 102 Å². The van der Waals surface area contributed by atoms with E-state index in [0.717, 1.165) is 12.4 Å². The van der Waals surface area contributed by atoms with Gasteiger partial charge in [-0.1, -0.05) is 84.4 Å². The SMILES string of the molecule is Cc1ccc([C@@H]2C[C@H](c3ccc(-c4ccccc4)cc3)Nc3ncnn32)cc1. The standard InChI is InChI=1S/C24H22N4/c1-17-7-9-21(10-8-17)23-15-22(27-24-25-16-26-28(23)24)20-13-11-19(12-14-20)18-5-3-2-4-6-18/h2-14,16,22-23H,15H2,1H3,(H,25,26,27)/t22-,23+/m1/s1. The number of hydrogen-bond acceptors (Lipinski definition) is 3. The molecule has 2 heterocycles. The Labute approximate surface area is 164 Å². The molecule has 4 nitrogen and oxygen atoms in total. The van der Waals surface area contributed by atoms with E-state index >= 15 is 0 Å². The van der Waals surface area contributed by atoms with Crippen LogP contribution in [-0.4, -0.2) is 14.8 Å². The molecule has 0 radical (unpaired) electrons. The average molecular weight is 366 g/mol. The van der Waals surface area contributed by atoms with Gasteiger partial charge in [-0.3, -0.25) is 0 Å². The fourth-order valence-corrected chi connectivity index (χ4v) is 3.94. The predicted molar refractivity (Wildman–Crippen MR) is 112 cm³/mol. The molecule has 0 saturated heterocycles. The van der Waals surface area contributed by atoms with Crippen LogP contribution in [0.2, 0.25) is 0 Å². The Kier molecular flexibility index (Phi) is 4.17. The molecule has 0 spiro atoms. The number of aromatic nitrogens is 3. The summed E-state index contributed by atoms with van der Waals surface area (Å²) in [6.45, 7) is 2.12. The highest BCUT2D eigenvalue weighted by Gasteiger charge is 2.29. The van der Waals surface area contributed by atoms with E-state index in [1.54, 1.807) is 6.33 Å². The molecule has 28 heavy (non-hydrogen) atoms. The van der Waals surface area contributed by atoms with E-state index in [4.69, 9.17) is 0 Å². The summed E-state index contributed by atoms with van der Waals surface area (Å²) in [5, 5.41) is 8.01. The fourth-order valence-electron chi connectivity index (χ4n) is 3.94. The molecule has 1 aliphatic heterocycles. The first-order valence-corrected chi connectivity index (χ1v) is 9.66. The quantitative estimate of drug-likeness (QED) is 0.528. The summed E-state index contributed by atoms with van der Waals surface area (Å²) in [5.41, 5.74) is 6.28. The number of benzene rings is 3. The van der Waals surface area contributed by atoms with Crippen molar-refractivity contribution >= 4 is 5.95 Å². The topological polar surface area (TPSA) is 42.7 Å². The zero-order valence-electron chi connectivity index (χ0n) is 15.8. The first-order chi connectivity index (χ1) is 13.8. The van der Waals surface area contributed by atoms with Gasteiger partial charge in [-0.05, 0) is 35.6 Å². The molecule has 4 heteroatoms. The van der Waals surface area contributed by atoms with Gasteiger partial charge >= 0.3 is 0 Å². The van der Waals surface area contributed by atoms with Gasteiger partial charge in [-0.25, -0.2) is 4.68 Å². The van der Waals surface area contributed by atoms with Crippen LogP contribution in [0.25, 0.3) is 11.1 Å². The Balaban J connectivity index is 1.45. The second kappa shape index (κ2) is 6.97. The number of fused-ring (bicyclic) bond motifs is 1. The number of hydrogen-bond donors (Lipinski definition) is 1. The molecule has 0 fully saturated rings. The highest BCUT2D eigenvalue weighted by Crippen LogP contribution is 2.37. The molecule has 0 bridgehead atoms. The van der Waals surface area contributed by atoms with E-state index in [9.17, 15) is 0 Å². The van der Waals surface area contributed by atoms with Gasteiger partial charge in [0.15, 0.2) is 0 Å². The van der Waals surface area contributed by atoms with Crippen molar-refractivity contribution in [1.29, 1.82) is 0 Å². The zero-order chi connectivity index (χ0) is 18.9. The van der Waals surface area contributed by atoms with Gasteiger partial charge in [0.2, 0.25) is 5.95 Å². The van der Waals surface area contributed by atoms with E-state index in [1.165, 1.54) is 27.8 Å². The lowest BCUT2D eigenvalue weighted by Gasteiger charge is -2.32. The molecule has 0 saturated carbocycles. The summed E-state index contributed by atoms with van der Waals surface area (Å²) in [4.78, 5) is 4.43. The first-order valence-electron chi connectivity index (χ1n) is 9.66. The summed E-state index contributed by atoms with van der Waals surface area (Å²) in [5.74, 6) is 0.828. The van der Waals surface area contributed by atoms with Crippen molar-refractivity contribution in [3.8, 4) is 11.1 Å². The Bertz CT molecular complexity index is 1070. The van der Waals surface area contributed by atoms with E-state index in [-0.39, 0.29) is 12.1 Å². The van der Waals surface area contributed by atoms with E-state index < -0.39 is 0 Å². The molecular formula is C24H22N4. The highest BCUT2D eigenvalue weighted by molar-refractivity contribution is 5.63. The second-order valence-electron chi connectivity index (χ2n) is 7.38. The molecule has 5 rings (SSSR count). The second-order valence-corrected chi connectivity index (χ2v) is 7.38. The summed E-state index contributed by atoms with van der Waals surface area (Å²) in [6, 6.07) is 28.4. The lowest BCUT2D eigenvalue weighted by Crippen LogP contribution is -2.28. The monoisotopic (exact) mass is 366 g/mol. The number of nitrogens with zero attached hydrogens (tertiary/aromatic N) is 3. The molecule has 3 aromatic carbocycles. The molecule has 1 aliphatic rings. The first kappa shape index (κ1) is 16.8. The molecule has 0 amide bonds. The van der Waals surface area contributed by atoms with Crippen LogP contribution in [0.1, 0.15) is 35.2 Å². The van der Waals surface area contributed by atoms with Gasteiger partial charge < -0.3 is 5.32 Å². The molecule has 138 valence electrons.